The summed E-state index contributed by atoms with van der Waals surface area (Å²) in [6.45, 7) is 1.38. The quantitative estimate of drug-likeness (QED) is 0.325. The molecule has 0 aliphatic heterocycles. The third kappa shape index (κ3) is 4.18. The molecule has 6 aromatic heterocycles. The number of fused-ring (bicyclic) bond motifs is 2. The van der Waals surface area contributed by atoms with E-state index in [4.69, 9.17) is 9.72 Å². The second-order valence-corrected chi connectivity index (χ2v) is 9.53. The summed E-state index contributed by atoms with van der Waals surface area (Å²) >= 11 is 1.04. The molecule has 0 radical (unpaired) electrons. The van der Waals surface area contributed by atoms with Gasteiger partial charge in [-0.05, 0) is 44.4 Å². The molecule has 0 atom stereocenters. The van der Waals surface area contributed by atoms with Crippen LogP contribution in [0.2, 0.25) is 0 Å². The number of H-pyrrole nitrogens is 2. The van der Waals surface area contributed by atoms with Crippen molar-refractivity contribution in [2.24, 2.45) is 0 Å². The first-order valence-corrected chi connectivity index (χ1v) is 12.0. The van der Waals surface area contributed by atoms with E-state index in [-0.39, 0.29) is 5.13 Å². The summed E-state index contributed by atoms with van der Waals surface area (Å²) in [6, 6.07) is 8.87. The number of halogens is 1. The molecule has 0 bridgehead atoms. The van der Waals surface area contributed by atoms with Gasteiger partial charge in [-0.3, -0.25) is 20.1 Å². The summed E-state index contributed by atoms with van der Waals surface area (Å²) < 4.78 is 19.5. The lowest BCUT2D eigenvalue weighted by Gasteiger charge is -2.11. The van der Waals surface area contributed by atoms with Crippen LogP contribution < -0.4 is 4.74 Å². The molecule has 2 N–H and O–H groups in total. The third-order valence-corrected chi connectivity index (χ3v) is 6.58. The third-order valence-electron chi connectivity index (χ3n) is 5.70. The molecule has 0 fully saturated rings. The molecule has 6 rings (SSSR count). The van der Waals surface area contributed by atoms with Crippen LogP contribution in [-0.2, 0) is 0 Å². The zero-order valence-corrected chi connectivity index (χ0v) is 20.3. The lowest BCUT2D eigenvalue weighted by atomic mass is 10.1. The fourth-order valence-electron chi connectivity index (χ4n) is 3.91. The summed E-state index contributed by atoms with van der Waals surface area (Å²) in [4.78, 5) is 24.2. The van der Waals surface area contributed by atoms with E-state index in [2.05, 4.69) is 35.0 Å². The van der Waals surface area contributed by atoms with Crippen LogP contribution in [0.25, 0.3) is 55.3 Å². The summed E-state index contributed by atoms with van der Waals surface area (Å²) in [5.74, 6) is 1.27. The maximum absolute atomic E-state index is 13.6. The Kier molecular flexibility index (Phi) is 5.62. The number of nitrogens with zero attached hydrogens (tertiary/aromatic N) is 6. The molecule has 0 unspecified atom stereocenters. The molecular formula is C25H21FN8OS. The van der Waals surface area contributed by atoms with Crippen LogP contribution in [-0.4, -0.2) is 67.3 Å². The number of hydrogen-bond donors (Lipinski definition) is 2. The van der Waals surface area contributed by atoms with Gasteiger partial charge in [0.05, 0.1) is 34.0 Å². The van der Waals surface area contributed by atoms with Crippen molar-refractivity contribution in [2.75, 3.05) is 27.2 Å². The van der Waals surface area contributed by atoms with E-state index >= 15 is 0 Å². The van der Waals surface area contributed by atoms with Crippen LogP contribution in [0.5, 0.6) is 5.75 Å². The van der Waals surface area contributed by atoms with E-state index in [1.807, 2.05) is 32.3 Å². The highest BCUT2D eigenvalue weighted by Crippen LogP contribution is 2.33. The number of rotatable bonds is 7. The van der Waals surface area contributed by atoms with Crippen molar-refractivity contribution in [2.45, 2.75) is 0 Å². The van der Waals surface area contributed by atoms with E-state index in [0.29, 0.717) is 35.1 Å². The summed E-state index contributed by atoms with van der Waals surface area (Å²) in [7, 11) is 4.00. The van der Waals surface area contributed by atoms with Gasteiger partial charge in [-0.2, -0.15) is 9.49 Å². The molecule has 180 valence electrons. The number of thiophene rings is 1. The summed E-state index contributed by atoms with van der Waals surface area (Å²) in [6.07, 6.45) is 6.87. The Labute approximate surface area is 209 Å². The Bertz CT molecular complexity index is 1690. The lowest BCUT2D eigenvalue weighted by molar-refractivity contribution is 0.261. The van der Waals surface area contributed by atoms with Gasteiger partial charge >= 0.3 is 0 Å². The Morgan fingerprint density at radius 2 is 1.94 bits per heavy atom. The van der Waals surface area contributed by atoms with E-state index in [0.717, 1.165) is 50.4 Å². The molecule has 11 heteroatoms. The molecular weight excluding hydrogens is 479 g/mol. The highest BCUT2D eigenvalue weighted by Gasteiger charge is 2.17. The SMILES string of the molecule is CN(C)CCOc1cncc(-c2cc3c(-c4nc5c(-c6ccc(F)s6)nccc5[nH]4)n[nH]c3cn2)c1. The average Bonchev–Trinajstić information content (AvgIpc) is 3.61. The Balaban J connectivity index is 1.37. The molecule has 0 aliphatic rings. The zero-order valence-electron chi connectivity index (χ0n) is 19.5. The first-order chi connectivity index (χ1) is 17.5. The number of nitrogens with one attached hydrogen (secondary N) is 2. The summed E-state index contributed by atoms with van der Waals surface area (Å²) in [5, 5.41) is 8.12. The van der Waals surface area contributed by atoms with E-state index < -0.39 is 0 Å². The second-order valence-electron chi connectivity index (χ2n) is 8.49. The number of likely N-dealkylation sites (N-methyl/N-ethyl adjacent to an activating group) is 1. The number of ether oxygens (including phenoxy) is 1. The van der Waals surface area contributed by atoms with Crippen molar-refractivity contribution in [1.82, 2.24) is 40.0 Å². The first-order valence-electron chi connectivity index (χ1n) is 11.2. The lowest BCUT2D eigenvalue weighted by Crippen LogP contribution is -2.19. The van der Waals surface area contributed by atoms with E-state index in [9.17, 15) is 4.39 Å². The van der Waals surface area contributed by atoms with Crippen molar-refractivity contribution in [3.05, 3.63) is 60.3 Å². The Hall–Kier alpha value is -4.22. The smallest absolute Gasteiger partial charge is 0.177 e. The topological polar surface area (TPSA) is 109 Å². The van der Waals surface area contributed by atoms with Gasteiger partial charge in [-0.1, -0.05) is 0 Å². The predicted octanol–water partition coefficient (Wildman–Crippen LogP) is 4.77. The van der Waals surface area contributed by atoms with Crippen LogP contribution in [0.3, 0.4) is 0 Å². The van der Waals surface area contributed by atoms with E-state index in [1.165, 1.54) is 6.07 Å². The number of aromatic amines is 2. The second kappa shape index (κ2) is 9.10. The van der Waals surface area contributed by atoms with Gasteiger partial charge in [-0.15, -0.1) is 11.3 Å². The molecule has 9 nitrogen and oxygen atoms in total. The summed E-state index contributed by atoms with van der Waals surface area (Å²) in [5.41, 5.74) is 5.08. The molecule has 0 amide bonds. The fraction of sp³-hybridized carbons (Fsp3) is 0.160. The maximum atomic E-state index is 13.6. The highest BCUT2D eigenvalue weighted by molar-refractivity contribution is 7.13. The monoisotopic (exact) mass is 500 g/mol. The number of hydrogen-bond acceptors (Lipinski definition) is 8. The highest BCUT2D eigenvalue weighted by atomic mass is 32.1. The van der Waals surface area contributed by atoms with Gasteiger partial charge < -0.3 is 14.6 Å². The minimum absolute atomic E-state index is 0.264. The van der Waals surface area contributed by atoms with Gasteiger partial charge in [0.15, 0.2) is 11.0 Å². The minimum Gasteiger partial charge on any atom is -0.491 e. The molecule has 0 aliphatic carbocycles. The largest absolute Gasteiger partial charge is 0.491 e. The normalized spacial score (nSPS) is 11.7. The standard InChI is InChI=1S/C25H21FN8OS/c1-34(2)7-8-35-15-9-14(11-27-12-15)18-10-16-19(13-29-18)32-33-22(16)25-30-17-5-6-28-24(23(17)31-25)20-3-4-21(26)36-20/h3-6,9-13H,7-8H2,1-2H3,(H,30,31)(H,32,33). The minimum atomic E-state index is -0.264. The molecule has 36 heavy (non-hydrogen) atoms. The molecule has 0 aromatic carbocycles. The first kappa shape index (κ1) is 22.3. The maximum Gasteiger partial charge on any atom is 0.177 e. The van der Waals surface area contributed by atoms with Gasteiger partial charge in [0.2, 0.25) is 0 Å². The van der Waals surface area contributed by atoms with Gasteiger partial charge in [-0.25, -0.2) is 4.98 Å². The zero-order chi connectivity index (χ0) is 24.6. The molecule has 6 heterocycles. The van der Waals surface area contributed by atoms with Crippen LogP contribution in [0.1, 0.15) is 0 Å². The van der Waals surface area contributed by atoms with Gasteiger partial charge in [0.1, 0.15) is 29.3 Å². The van der Waals surface area contributed by atoms with Crippen LogP contribution in [0.4, 0.5) is 4.39 Å². The number of pyridine rings is 3. The average molecular weight is 501 g/mol. The van der Waals surface area contributed by atoms with Crippen molar-refractivity contribution in [3.8, 4) is 39.1 Å². The Morgan fingerprint density at radius 1 is 1.03 bits per heavy atom. The number of imidazole rings is 1. The fourth-order valence-corrected chi connectivity index (χ4v) is 4.64. The van der Waals surface area contributed by atoms with Crippen molar-refractivity contribution in [1.29, 1.82) is 0 Å². The molecule has 0 saturated carbocycles. The van der Waals surface area contributed by atoms with Crippen molar-refractivity contribution < 1.29 is 9.13 Å². The number of aromatic nitrogens is 7. The van der Waals surface area contributed by atoms with E-state index in [1.54, 1.807) is 30.9 Å². The Morgan fingerprint density at radius 3 is 2.78 bits per heavy atom. The van der Waals surface area contributed by atoms with Gasteiger partial charge in [0.25, 0.3) is 0 Å². The predicted molar refractivity (Wildman–Crippen MR) is 137 cm³/mol. The van der Waals surface area contributed by atoms with Crippen LogP contribution in [0.15, 0.2) is 55.1 Å². The molecule has 6 aromatic rings. The van der Waals surface area contributed by atoms with Gasteiger partial charge in [0, 0.05) is 29.9 Å². The van der Waals surface area contributed by atoms with Crippen LogP contribution >= 0.6 is 11.3 Å². The molecule has 0 spiro atoms. The molecule has 0 saturated heterocycles. The van der Waals surface area contributed by atoms with Crippen molar-refractivity contribution in [3.63, 3.8) is 0 Å². The van der Waals surface area contributed by atoms with Crippen LogP contribution in [0, 0.1) is 5.13 Å². The van der Waals surface area contributed by atoms with Crippen molar-refractivity contribution >= 4 is 33.3 Å².